The molecule has 1 aromatic rings. The molecule has 1 amide bonds. The Labute approximate surface area is 129 Å². The number of ether oxygens (including phenoxy) is 1. The third kappa shape index (κ3) is 3.29. The van der Waals surface area contributed by atoms with Gasteiger partial charge in [-0.05, 0) is 6.07 Å². The molecule has 0 atom stereocenters. The minimum absolute atomic E-state index is 0.00557. The summed E-state index contributed by atoms with van der Waals surface area (Å²) < 4.78 is 5.10. The van der Waals surface area contributed by atoms with Crippen LogP contribution in [-0.4, -0.2) is 49.0 Å². The zero-order valence-corrected chi connectivity index (χ0v) is 13.1. The fourth-order valence-corrected chi connectivity index (χ4v) is 2.56. The molecule has 0 aromatic heterocycles. The van der Waals surface area contributed by atoms with E-state index in [0.717, 1.165) is 5.69 Å². The number of nitro groups is 1. The van der Waals surface area contributed by atoms with Crippen molar-refractivity contribution in [3.63, 3.8) is 0 Å². The normalized spacial score (nSPS) is 15.1. The van der Waals surface area contributed by atoms with Crippen molar-refractivity contribution in [3.8, 4) is 5.75 Å². The average molecular weight is 307 g/mol. The van der Waals surface area contributed by atoms with E-state index in [9.17, 15) is 14.9 Å². The second kappa shape index (κ2) is 6.64. The molecule has 120 valence electrons. The summed E-state index contributed by atoms with van der Waals surface area (Å²) in [5.41, 5.74) is 0.832. The number of hydrogen-bond acceptors (Lipinski definition) is 5. The molecule has 7 heteroatoms. The Hall–Kier alpha value is -2.31. The third-order valence-electron chi connectivity index (χ3n) is 3.81. The van der Waals surface area contributed by atoms with Gasteiger partial charge in [-0.15, -0.1) is 0 Å². The molecule has 1 aliphatic rings. The smallest absolute Gasteiger partial charge is 0.311 e. The van der Waals surface area contributed by atoms with Crippen molar-refractivity contribution in [2.45, 2.75) is 13.8 Å². The van der Waals surface area contributed by atoms with Crippen LogP contribution in [0.5, 0.6) is 5.75 Å². The second-order valence-corrected chi connectivity index (χ2v) is 5.58. The molecule has 0 spiro atoms. The molecule has 1 aliphatic heterocycles. The van der Waals surface area contributed by atoms with Crippen molar-refractivity contribution < 1.29 is 14.5 Å². The van der Waals surface area contributed by atoms with E-state index in [1.165, 1.54) is 13.2 Å². The van der Waals surface area contributed by atoms with Crippen LogP contribution in [0.4, 0.5) is 11.4 Å². The van der Waals surface area contributed by atoms with Crippen molar-refractivity contribution in [3.05, 3.63) is 28.3 Å². The summed E-state index contributed by atoms with van der Waals surface area (Å²) >= 11 is 0. The number of nitro benzene ring substituents is 1. The Kier molecular flexibility index (Phi) is 4.85. The van der Waals surface area contributed by atoms with Gasteiger partial charge in [0.05, 0.1) is 12.0 Å². The monoisotopic (exact) mass is 307 g/mol. The molecule has 0 N–H and O–H groups in total. The third-order valence-corrected chi connectivity index (χ3v) is 3.81. The molecule has 2 rings (SSSR count). The number of rotatable bonds is 4. The molecule has 1 saturated heterocycles. The predicted molar refractivity (Wildman–Crippen MR) is 83.3 cm³/mol. The van der Waals surface area contributed by atoms with E-state index < -0.39 is 4.92 Å². The number of methoxy groups -OCH3 is 1. The number of hydrogen-bond donors (Lipinski definition) is 0. The number of carbonyl (C=O) groups excluding carboxylic acids is 1. The maximum atomic E-state index is 12.0. The van der Waals surface area contributed by atoms with Crippen molar-refractivity contribution in [1.29, 1.82) is 0 Å². The van der Waals surface area contributed by atoms with E-state index in [1.807, 2.05) is 18.7 Å². The first-order valence-corrected chi connectivity index (χ1v) is 7.30. The summed E-state index contributed by atoms with van der Waals surface area (Å²) in [6.45, 7) is 6.54. The lowest BCUT2D eigenvalue weighted by Gasteiger charge is -2.36. The fourth-order valence-electron chi connectivity index (χ4n) is 2.56. The Morgan fingerprint density at radius 2 is 1.91 bits per heavy atom. The number of nitrogens with zero attached hydrogens (tertiary/aromatic N) is 3. The first kappa shape index (κ1) is 16.1. The molecule has 0 aliphatic carbocycles. The quantitative estimate of drug-likeness (QED) is 0.627. The van der Waals surface area contributed by atoms with Crippen LogP contribution in [0.1, 0.15) is 13.8 Å². The van der Waals surface area contributed by atoms with Gasteiger partial charge in [0.25, 0.3) is 0 Å². The predicted octanol–water partition coefficient (Wildman–Crippen LogP) is 1.91. The molecule has 0 radical (unpaired) electrons. The number of benzene rings is 1. The zero-order valence-electron chi connectivity index (χ0n) is 13.1. The molecule has 0 bridgehead atoms. The van der Waals surface area contributed by atoms with Gasteiger partial charge in [-0.25, -0.2) is 0 Å². The minimum atomic E-state index is -0.456. The van der Waals surface area contributed by atoms with Crippen LogP contribution in [0.15, 0.2) is 18.2 Å². The van der Waals surface area contributed by atoms with E-state index in [-0.39, 0.29) is 23.3 Å². The van der Waals surface area contributed by atoms with Crippen LogP contribution in [0, 0.1) is 16.0 Å². The highest BCUT2D eigenvalue weighted by Gasteiger charge is 2.24. The highest BCUT2D eigenvalue weighted by atomic mass is 16.6. The minimum Gasteiger partial charge on any atom is -0.490 e. The summed E-state index contributed by atoms with van der Waals surface area (Å²) in [5.74, 6) is 0.426. The van der Waals surface area contributed by atoms with Gasteiger partial charge >= 0.3 is 5.69 Å². The van der Waals surface area contributed by atoms with Gasteiger partial charge in [-0.2, -0.15) is 0 Å². The summed E-state index contributed by atoms with van der Waals surface area (Å²) in [4.78, 5) is 26.4. The van der Waals surface area contributed by atoms with E-state index in [2.05, 4.69) is 4.90 Å². The van der Waals surface area contributed by atoms with E-state index in [1.54, 1.807) is 12.1 Å². The van der Waals surface area contributed by atoms with Gasteiger partial charge in [0.1, 0.15) is 0 Å². The van der Waals surface area contributed by atoms with E-state index in [0.29, 0.717) is 26.2 Å². The largest absolute Gasteiger partial charge is 0.490 e. The lowest BCUT2D eigenvalue weighted by molar-refractivity contribution is -0.385. The molecule has 7 nitrogen and oxygen atoms in total. The van der Waals surface area contributed by atoms with E-state index >= 15 is 0 Å². The molecule has 22 heavy (non-hydrogen) atoms. The molecule has 0 saturated carbocycles. The Balaban J connectivity index is 2.08. The molecule has 0 unspecified atom stereocenters. The van der Waals surface area contributed by atoms with Gasteiger partial charge < -0.3 is 14.5 Å². The van der Waals surface area contributed by atoms with Gasteiger partial charge in [0, 0.05) is 49.9 Å². The Bertz CT molecular complexity index is 566. The second-order valence-electron chi connectivity index (χ2n) is 5.58. The Morgan fingerprint density at radius 3 is 2.41 bits per heavy atom. The van der Waals surface area contributed by atoms with Crippen LogP contribution in [-0.2, 0) is 4.79 Å². The van der Waals surface area contributed by atoms with Gasteiger partial charge in [-0.1, -0.05) is 13.8 Å². The highest BCUT2D eigenvalue weighted by molar-refractivity contribution is 5.78. The van der Waals surface area contributed by atoms with Crippen molar-refractivity contribution in [2.75, 3.05) is 38.2 Å². The number of anilines is 1. The summed E-state index contributed by atoms with van der Waals surface area (Å²) in [5, 5.41) is 10.9. The van der Waals surface area contributed by atoms with Crippen molar-refractivity contribution >= 4 is 17.3 Å². The topological polar surface area (TPSA) is 75.9 Å². The van der Waals surface area contributed by atoms with Crippen LogP contribution in [0.25, 0.3) is 0 Å². The Morgan fingerprint density at radius 1 is 1.27 bits per heavy atom. The van der Waals surface area contributed by atoms with Gasteiger partial charge in [-0.3, -0.25) is 14.9 Å². The van der Waals surface area contributed by atoms with Crippen LogP contribution in [0.2, 0.25) is 0 Å². The first-order chi connectivity index (χ1) is 10.4. The maximum Gasteiger partial charge on any atom is 0.311 e. The first-order valence-electron chi connectivity index (χ1n) is 7.30. The van der Waals surface area contributed by atoms with Crippen molar-refractivity contribution in [1.82, 2.24) is 4.90 Å². The average Bonchev–Trinajstić information content (AvgIpc) is 2.53. The fraction of sp³-hybridized carbons (Fsp3) is 0.533. The summed E-state index contributed by atoms with van der Waals surface area (Å²) in [6, 6.07) is 4.86. The molecular formula is C15H21N3O4. The SMILES string of the molecule is COc1cc(N2CCN(C(=O)C(C)C)CC2)ccc1[N+](=O)[O-]. The maximum absolute atomic E-state index is 12.0. The number of carbonyl (C=O) groups is 1. The zero-order chi connectivity index (χ0) is 16.3. The lowest BCUT2D eigenvalue weighted by Crippen LogP contribution is -2.49. The molecule has 1 aromatic carbocycles. The lowest BCUT2D eigenvalue weighted by atomic mass is 10.1. The standard InChI is InChI=1S/C15H21N3O4/c1-11(2)15(19)17-8-6-16(7-9-17)12-4-5-13(18(20)21)14(10-12)22-3/h4-5,10-11H,6-9H2,1-3H3. The van der Waals surface area contributed by atoms with Gasteiger partial charge in [0.15, 0.2) is 5.75 Å². The van der Waals surface area contributed by atoms with E-state index in [4.69, 9.17) is 4.74 Å². The molecule has 1 heterocycles. The summed E-state index contributed by atoms with van der Waals surface area (Å²) in [7, 11) is 1.42. The summed E-state index contributed by atoms with van der Waals surface area (Å²) in [6.07, 6.45) is 0. The van der Waals surface area contributed by atoms with Crippen LogP contribution < -0.4 is 9.64 Å². The van der Waals surface area contributed by atoms with Crippen LogP contribution >= 0.6 is 0 Å². The number of piperazine rings is 1. The van der Waals surface area contributed by atoms with Gasteiger partial charge in [0.2, 0.25) is 5.91 Å². The highest BCUT2D eigenvalue weighted by Crippen LogP contribution is 2.31. The molecule has 1 fully saturated rings. The number of amides is 1. The van der Waals surface area contributed by atoms with Crippen LogP contribution in [0.3, 0.4) is 0 Å². The molecular weight excluding hydrogens is 286 g/mol. The van der Waals surface area contributed by atoms with Crippen molar-refractivity contribution in [2.24, 2.45) is 5.92 Å².